The number of carbonyl (C=O) groups excluding carboxylic acids is 3. The van der Waals surface area contributed by atoms with Crippen molar-refractivity contribution in [1.82, 2.24) is 9.55 Å². The zero-order chi connectivity index (χ0) is 19.7. The second-order valence-electron chi connectivity index (χ2n) is 6.61. The summed E-state index contributed by atoms with van der Waals surface area (Å²) in [7, 11) is 1.35. The Bertz CT molecular complexity index is 1050. The first-order valence-corrected chi connectivity index (χ1v) is 9.74. The van der Waals surface area contributed by atoms with Gasteiger partial charge >= 0.3 is 5.97 Å². The van der Waals surface area contributed by atoms with Gasteiger partial charge in [-0.05, 0) is 36.2 Å². The van der Waals surface area contributed by atoms with Crippen molar-refractivity contribution in [2.75, 3.05) is 7.11 Å². The molecule has 0 fully saturated rings. The van der Waals surface area contributed by atoms with E-state index < -0.39 is 0 Å². The Balaban J connectivity index is 1.48. The summed E-state index contributed by atoms with van der Waals surface area (Å²) in [5.74, 6) is -0.231. The molecule has 28 heavy (non-hydrogen) atoms. The van der Waals surface area contributed by atoms with Gasteiger partial charge in [-0.25, -0.2) is 9.78 Å². The number of ether oxygens (including phenoxy) is 1. The van der Waals surface area contributed by atoms with Crippen molar-refractivity contribution in [3.05, 3.63) is 65.1 Å². The van der Waals surface area contributed by atoms with Gasteiger partial charge in [0.15, 0.2) is 11.6 Å². The highest BCUT2D eigenvalue weighted by Crippen LogP contribution is 2.30. The fourth-order valence-electron chi connectivity index (χ4n) is 3.43. The number of aromatic nitrogens is 2. The molecule has 0 amide bonds. The lowest BCUT2D eigenvalue weighted by molar-refractivity contribution is -0.121. The van der Waals surface area contributed by atoms with E-state index in [2.05, 4.69) is 4.98 Å². The Morgan fingerprint density at radius 1 is 1.25 bits per heavy atom. The molecule has 0 spiro atoms. The molecule has 2 aromatic heterocycles. The van der Waals surface area contributed by atoms with Crippen LogP contribution >= 0.6 is 11.3 Å². The zero-order valence-corrected chi connectivity index (χ0v) is 16.1. The number of thiazole rings is 1. The molecular formula is C21H18N2O4S. The molecule has 6 nitrogen and oxygen atoms in total. The van der Waals surface area contributed by atoms with Crippen molar-refractivity contribution in [3.63, 3.8) is 0 Å². The number of benzene rings is 1. The number of fused-ring (bicyclic) bond motifs is 1. The number of methoxy groups -OCH3 is 1. The van der Waals surface area contributed by atoms with Crippen molar-refractivity contribution in [3.8, 4) is 10.4 Å². The van der Waals surface area contributed by atoms with Crippen molar-refractivity contribution >= 4 is 28.9 Å². The molecule has 1 aliphatic rings. The van der Waals surface area contributed by atoms with Crippen LogP contribution in [0.4, 0.5) is 0 Å². The summed E-state index contributed by atoms with van der Waals surface area (Å²) in [6, 6.07) is 10.3. The summed E-state index contributed by atoms with van der Waals surface area (Å²) in [6.07, 6.45) is 4.71. The van der Waals surface area contributed by atoms with Gasteiger partial charge in [0.25, 0.3) is 0 Å². The maximum atomic E-state index is 12.8. The summed E-state index contributed by atoms with van der Waals surface area (Å²) >= 11 is 1.46. The lowest BCUT2D eigenvalue weighted by Crippen LogP contribution is -2.28. The number of Topliss-reactive ketones (excluding diaryl/α,β-unsaturated/α-hetero) is 2. The van der Waals surface area contributed by atoms with E-state index in [0.717, 1.165) is 15.4 Å². The summed E-state index contributed by atoms with van der Waals surface area (Å²) in [5.41, 5.74) is 2.02. The normalized spacial score (nSPS) is 15.9. The van der Waals surface area contributed by atoms with E-state index in [4.69, 9.17) is 4.74 Å². The first-order valence-electron chi connectivity index (χ1n) is 8.93. The van der Waals surface area contributed by atoms with Gasteiger partial charge in [-0.2, -0.15) is 0 Å². The summed E-state index contributed by atoms with van der Waals surface area (Å²) in [6.45, 7) is 0. The van der Waals surface area contributed by atoms with Gasteiger partial charge < -0.3 is 9.30 Å². The molecule has 0 aliphatic carbocycles. The summed E-state index contributed by atoms with van der Waals surface area (Å²) in [5, 5.41) is 0.739. The number of nitrogens with zero attached hydrogens (tertiary/aromatic N) is 2. The Kier molecular flexibility index (Phi) is 4.92. The first-order chi connectivity index (χ1) is 13.6. The van der Waals surface area contributed by atoms with Crippen molar-refractivity contribution in [2.45, 2.75) is 25.3 Å². The van der Waals surface area contributed by atoms with E-state index in [9.17, 15) is 14.4 Å². The molecule has 1 atom stereocenters. The Morgan fingerprint density at radius 2 is 2.04 bits per heavy atom. The summed E-state index contributed by atoms with van der Waals surface area (Å²) < 4.78 is 6.49. The van der Waals surface area contributed by atoms with Crippen LogP contribution in [0.5, 0.6) is 0 Å². The topological polar surface area (TPSA) is 78.3 Å². The highest BCUT2D eigenvalue weighted by molar-refractivity contribution is 7.15. The molecule has 0 radical (unpaired) electrons. The fourth-order valence-corrected chi connectivity index (χ4v) is 4.37. The number of ketones is 2. The van der Waals surface area contributed by atoms with Crippen LogP contribution in [-0.4, -0.2) is 34.2 Å². The van der Waals surface area contributed by atoms with E-state index in [0.29, 0.717) is 24.1 Å². The van der Waals surface area contributed by atoms with Gasteiger partial charge in [0.2, 0.25) is 0 Å². The molecule has 4 rings (SSSR count). The zero-order valence-electron chi connectivity index (χ0n) is 15.3. The van der Waals surface area contributed by atoms with Crippen LogP contribution in [-0.2, 0) is 16.0 Å². The molecule has 7 heteroatoms. The monoisotopic (exact) mass is 394 g/mol. The van der Waals surface area contributed by atoms with Gasteiger partial charge in [0, 0.05) is 18.8 Å². The number of esters is 1. The maximum Gasteiger partial charge on any atom is 0.337 e. The minimum Gasteiger partial charge on any atom is -0.465 e. The predicted molar refractivity (Wildman–Crippen MR) is 105 cm³/mol. The van der Waals surface area contributed by atoms with Gasteiger partial charge in [0.05, 0.1) is 35.7 Å². The Labute approximate surface area is 165 Å². The molecule has 3 heterocycles. The SMILES string of the molecule is COC(=O)c1ccc(-c2cnc(CC(=O)C3CCC(=O)c4cccn43)s2)cc1. The molecule has 1 unspecified atom stereocenters. The van der Waals surface area contributed by atoms with E-state index in [-0.39, 0.29) is 30.0 Å². The molecule has 1 aliphatic heterocycles. The molecule has 142 valence electrons. The lowest BCUT2D eigenvalue weighted by Gasteiger charge is -2.24. The van der Waals surface area contributed by atoms with Crippen LogP contribution in [0.1, 0.15) is 44.7 Å². The number of hydrogen-bond donors (Lipinski definition) is 0. The van der Waals surface area contributed by atoms with Gasteiger partial charge in [0.1, 0.15) is 5.01 Å². The third-order valence-corrected chi connectivity index (χ3v) is 5.93. The van der Waals surface area contributed by atoms with Crippen LogP contribution in [0.2, 0.25) is 0 Å². The second-order valence-corrected chi connectivity index (χ2v) is 7.72. The Hall–Kier alpha value is -3.06. The smallest absolute Gasteiger partial charge is 0.337 e. The highest BCUT2D eigenvalue weighted by Gasteiger charge is 2.29. The Morgan fingerprint density at radius 3 is 2.79 bits per heavy atom. The molecule has 0 N–H and O–H groups in total. The quantitative estimate of drug-likeness (QED) is 0.616. The molecule has 0 saturated heterocycles. The standard InChI is InChI=1S/C21H18N2O4S/c1-27-21(26)14-6-4-13(5-7-14)19-12-22-20(28-19)11-18(25)16-8-9-17(24)15-3-2-10-23(15)16/h2-7,10,12,16H,8-9,11H2,1H3. The highest BCUT2D eigenvalue weighted by atomic mass is 32.1. The van der Waals surface area contributed by atoms with Crippen LogP contribution in [0.15, 0.2) is 48.8 Å². The summed E-state index contributed by atoms with van der Waals surface area (Å²) in [4.78, 5) is 41.6. The van der Waals surface area contributed by atoms with Crippen LogP contribution in [0.25, 0.3) is 10.4 Å². The molecule has 3 aromatic rings. The van der Waals surface area contributed by atoms with Gasteiger partial charge in [-0.3, -0.25) is 9.59 Å². The molecule has 0 saturated carbocycles. The maximum absolute atomic E-state index is 12.8. The number of hydrogen-bond acceptors (Lipinski definition) is 6. The van der Waals surface area contributed by atoms with E-state index in [1.54, 1.807) is 41.2 Å². The van der Waals surface area contributed by atoms with Crippen LogP contribution in [0.3, 0.4) is 0 Å². The molecule has 0 bridgehead atoms. The predicted octanol–water partition coefficient (Wildman–Crippen LogP) is 3.73. The molecular weight excluding hydrogens is 376 g/mol. The van der Waals surface area contributed by atoms with Crippen molar-refractivity contribution < 1.29 is 19.1 Å². The third-order valence-electron chi connectivity index (χ3n) is 4.89. The first kappa shape index (κ1) is 18.3. The fraction of sp³-hybridized carbons (Fsp3) is 0.238. The van der Waals surface area contributed by atoms with Gasteiger partial charge in [-0.15, -0.1) is 11.3 Å². The average molecular weight is 394 g/mol. The van der Waals surface area contributed by atoms with Crippen LogP contribution < -0.4 is 0 Å². The van der Waals surface area contributed by atoms with E-state index >= 15 is 0 Å². The van der Waals surface area contributed by atoms with E-state index in [1.807, 2.05) is 12.1 Å². The number of rotatable bonds is 5. The second kappa shape index (κ2) is 7.52. The third kappa shape index (κ3) is 3.41. The minimum atomic E-state index is -0.377. The van der Waals surface area contributed by atoms with Crippen molar-refractivity contribution in [2.24, 2.45) is 0 Å². The lowest BCUT2D eigenvalue weighted by atomic mass is 9.97. The van der Waals surface area contributed by atoms with Crippen molar-refractivity contribution in [1.29, 1.82) is 0 Å². The molecule has 1 aromatic carbocycles. The van der Waals surface area contributed by atoms with E-state index in [1.165, 1.54) is 18.4 Å². The van der Waals surface area contributed by atoms with Gasteiger partial charge in [-0.1, -0.05) is 12.1 Å². The largest absolute Gasteiger partial charge is 0.465 e. The van der Waals surface area contributed by atoms with Crippen LogP contribution in [0, 0.1) is 0 Å². The average Bonchev–Trinajstić information content (AvgIpc) is 3.38. The minimum absolute atomic E-state index is 0.0619. The number of carbonyl (C=O) groups is 3.